The number of methoxy groups -OCH3 is 1. The molecule has 3 N–H and O–H groups in total. The van der Waals surface area contributed by atoms with Crippen molar-refractivity contribution in [3.05, 3.63) is 64.8 Å². The molecule has 0 saturated carbocycles. The highest BCUT2D eigenvalue weighted by Gasteiger charge is 2.31. The average Bonchev–Trinajstić information content (AvgIpc) is 2.86. The Morgan fingerprint density at radius 3 is 2.74 bits per heavy atom. The molecule has 0 amide bonds. The Hall–Kier alpha value is -2.46. The number of rotatable bonds is 11. The van der Waals surface area contributed by atoms with E-state index in [1.54, 1.807) is 13.3 Å². The van der Waals surface area contributed by atoms with E-state index in [1.165, 1.54) is 23.9 Å². The summed E-state index contributed by atoms with van der Waals surface area (Å²) in [6.45, 7) is 2.22. The summed E-state index contributed by atoms with van der Waals surface area (Å²) in [6.07, 6.45) is 4.02. The Balaban J connectivity index is 1.37. The zero-order chi connectivity index (χ0) is 27.2. The fourth-order valence-corrected chi connectivity index (χ4v) is 6.58. The first-order valence-electron chi connectivity index (χ1n) is 12.6. The zero-order valence-corrected chi connectivity index (χ0v) is 22.8. The van der Waals surface area contributed by atoms with Gasteiger partial charge in [0.1, 0.15) is 17.4 Å². The molecular formula is C28H32ClF2N3O3S. The normalized spacial score (nSPS) is 19.0. The number of thioether (sulfide) groups is 1. The number of fused-ring (bicyclic) bond motifs is 1. The predicted octanol–water partition coefficient (Wildman–Crippen LogP) is 6.16. The summed E-state index contributed by atoms with van der Waals surface area (Å²) < 4.78 is 32.3. The number of pyridine rings is 1. The molecule has 1 fully saturated rings. The number of halogens is 3. The smallest absolute Gasteiger partial charge is 0.303 e. The zero-order valence-electron chi connectivity index (χ0n) is 21.2. The molecule has 2 aromatic carbocycles. The number of nitrogens with zero attached hydrogens (tertiary/aromatic N) is 2. The second-order valence-corrected chi connectivity index (χ2v) is 11.3. The maximum Gasteiger partial charge on any atom is 0.303 e. The Labute approximate surface area is 230 Å². The first-order valence-corrected chi connectivity index (χ1v) is 14.0. The Kier molecular flexibility index (Phi) is 9.81. The van der Waals surface area contributed by atoms with Crippen LogP contribution in [-0.4, -0.2) is 53.5 Å². The van der Waals surface area contributed by atoms with Crippen LogP contribution in [0.15, 0.2) is 47.5 Å². The van der Waals surface area contributed by atoms with Crippen LogP contribution >= 0.6 is 23.4 Å². The molecule has 3 unspecified atom stereocenters. The van der Waals surface area contributed by atoms with Gasteiger partial charge in [0.05, 0.1) is 17.6 Å². The fraction of sp³-hybridized carbons (Fsp3) is 0.429. The lowest BCUT2D eigenvalue weighted by molar-refractivity contribution is -0.139. The van der Waals surface area contributed by atoms with Crippen LogP contribution in [0, 0.1) is 23.5 Å². The lowest BCUT2D eigenvalue weighted by Gasteiger charge is -2.38. The maximum atomic E-state index is 13.5. The summed E-state index contributed by atoms with van der Waals surface area (Å²) in [6, 6.07) is 8.80. The van der Waals surface area contributed by atoms with Gasteiger partial charge in [-0.25, -0.2) is 8.78 Å². The first kappa shape index (κ1) is 28.5. The van der Waals surface area contributed by atoms with Crippen LogP contribution in [0.4, 0.5) is 8.78 Å². The number of likely N-dealkylation sites (tertiary alicyclic amines) is 1. The van der Waals surface area contributed by atoms with E-state index < -0.39 is 17.6 Å². The molecule has 3 aromatic rings. The van der Waals surface area contributed by atoms with E-state index >= 15 is 0 Å². The number of nitrogens with two attached hydrogens (primary N) is 1. The highest BCUT2D eigenvalue weighted by atomic mass is 35.5. The van der Waals surface area contributed by atoms with Crippen molar-refractivity contribution in [2.75, 3.05) is 32.5 Å². The number of hydrogen-bond acceptors (Lipinski definition) is 6. The maximum absolute atomic E-state index is 13.5. The highest BCUT2D eigenvalue weighted by molar-refractivity contribution is 7.99. The summed E-state index contributed by atoms with van der Waals surface area (Å²) in [5.74, 6) is -0.415. The van der Waals surface area contributed by atoms with Crippen LogP contribution in [0.5, 0.6) is 5.75 Å². The summed E-state index contributed by atoms with van der Waals surface area (Å²) in [4.78, 5) is 18.8. The Bertz CT molecular complexity index is 1260. The van der Waals surface area contributed by atoms with Crippen molar-refractivity contribution < 1.29 is 23.4 Å². The van der Waals surface area contributed by atoms with Crippen molar-refractivity contribution in [2.45, 2.75) is 36.6 Å². The molecule has 6 nitrogen and oxygen atoms in total. The molecule has 4 rings (SSSR count). The number of piperidine rings is 1. The molecule has 204 valence electrons. The van der Waals surface area contributed by atoms with E-state index in [0.717, 1.165) is 41.9 Å². The molecule has 2 heterocycles. The molecule has 1 saturated heterocycles. The van der Waals surface area contributed by atoms with Crippen LogP contribution in [0.3, 0.4) is 0 Å². The second-order valence-electron chi connectivity index (χ2n) is 9.75. The molecule has 1 aliphatic rings. The number of aliphatic carboxylic acids is 1. The number of carbonyl (C=O) groups is 1. The lowest BCUT2D eigenvalue weighted by atomic mass is 9.79. The fourth-order valence-electron chi connectivity index (χ4n) is 5.31. The van der Waals surface area contributed by atoms with Crippen molar-refractivity contribution in [1.82, 2.24) is 9.88 Å². The summed E-state index contributed by atoms with van der Waals surface area (Å²) >= 11 is 7.92. The summed E-state index contributed by atoms with van der Waals surface area (Å²) in [7, 11) is 1.60. The third-order valence-electron chi connectivity index (χ3n) is 7.21. The minimum absolute atomic E-state index is 0.00480. The van der Waals surface area contributed by atoms with Gasteiger partial charge in [0.15, 0.2) is 0 Å². The van der Waals surface area contributed by atoms with E-state index in [-0.39, 0.29) is 24.3 Å². The third-order valence-corrected chi connectivity index (χ3v) is 8.47. The van der Waals surface area contributed by atoms with Crippen molar-refractivity contribution in [1.29, 1.82) is 0 Å². The molecular weight excluding hydrogens is 532 g/mol. The van der Waals surface area contributed by atoms with Gasteiger partial charge in [-0.3, -0.25) is 9.78 Å². The Morgan fingerprint density at radius 1 is 1.26 bits per heavy atom. The standard InChI is InChI=1S/C28H32ClF2N3O3S/c1-37-21-3-5-26-23(14-21)28(24(29)15-33-26)25(32)4-2-17-6-7-34(16-18(17)10-27(35)36)8-9-38-22-12-19(30)11-20(31)13-22/h3,5,11-15,17-18,25H,2,4,6-10,16,32H2,1H3,(H,35,36). The molecule has 1 aliphatic heterocycles. The Morgan fingerprint density at radius 2 is 2.03 bits per heavy atom. The van der Waals surface area contributed by atoms with Gasteiger partial charge in [0, 0.05) is 53.8 Å². The van der Waals surface area contributed by atoms with Crippen molar-refractivity contribution in [3.63, 3.8) is 0 Å². The number of aromatic nitrogens is 1. The molecule has 3 atom stereocenters. The molecule has 1 aromatic heterocycles. The van der Waals surface area contributed by atoms with Crippen molar-refractivity contribution in [2.24, 2.45) is 17.6 Å². The molecule has 38 heavy (non-hydrogen) atoms. The molecule has 10 heteroatoms. The largest absolute Gasteiger partial charge is 0.497 e. The van der Waals surface area contributed by atoms with Crippen LogP contribution < -0.4 is 10.5 Å². The number of benzene rings is 2. The van der Waals surface area contributed by atoms with E-state index in [1.807, 2.05) is 18.2 Å². The molecule has 0 aliphatic carbocycles. The average molecular weight is 564 g/mol. The summed E-state index contributed by atoms with van der Waals surface area (Å²) in [5.41, 5.74) is 8.27. The number of hydrogen-bond donors (Lipinski definition) is 2. The number of carboxylic acid groups (broad SMARTS) is 1. The number of ether oxygens (including phenoxy) is 1. The highest BCUT2D eigenvalue weighted by Crippen LogP contribution is 2.36. The minimum Gasteiger partial charge on any atom is -0.497 e. The van der Waals surface area contributed by atoms with Crippen LogP contribution in [0.2, 0.25) is 5.02 Å². The van der Waals surface area contributed by atoms with Gasteiger partial charge in [-0.1, -0.05) is 11.6 Å². The first-order chi connectivity index (χ1) is 18.2. The number of carboxylic acids is 1. The van der Waals surface area contributed by atoms with Crippen LogP contribution in [0.25, 0.3) is 10.9 Å². The third kappa shape index (κ3) is 7.34. The molecule has 0 bridgehead atoms. The topological polar surface area (TPSA) is 88.7 Å². The second kappa shape index (κ2) is 13.1. The lowest BCUT2D eigenvalue weighted by Crippen LogP contribution is -2.42. The van der Waals surface area contributed by atoms with Crippen LogP contribution in [-0.2, 0) is 4.79 Å². The molecule has 0 radical (unpaired) electrons. The van der Waals surface area contributed by atoms with Crippen LogP contribution in [0.1, 0.15) is 37.3 Å². The van der Waals surface area contributed by atoms with Gasteiger partial charge in [0.25, 0.3) is 0 Å². The SMILES string of the molecule is COc1ccc2ncc(Cl)c(C(N)CCC3CCN(CCSc4cc(F)cc(F)c4)CC3CC(=O)O)c2c1. The monoisotopic (exact) mass is 563 g/mol. The van der Waals surface area contributed by atoms with Crippen molar-refractivity contribution >= 4 is 40.2 Å². The van der Waals surface area contributed by atoms with E-state index in [2.05, 4.69) is 9.88 Å². The van der Waals surface area contributed by atoms with Gasteiger partial charge in [0.2, 0.25) is 0 Å². The van der Waals surface area contributed by atoms with E-state index in [4.69, 9.17) is 22.1 Å². The van der Waals surface area contributed by atoms with Gasteiger partial charge in [-0.2, -0.15) is 0 Å². The van der Waals surface area contributed by atoms with Gasteiger partial charge >= 0.3 is 5.97 Å². The van der Waals surface area contributed by atoms with Gasteiger partial charge < -0.3 is 20.5 Å². The van der Waals surface area contributed by atoms with E-state index in [0.29, 0.717) is 40.9 Å². The van der Waals surface area contributed by atoms with Crippen molar-refractivity contribution in [3.8, 4) is 5.75 Å². The molecule has 0 spiro atoms. The summed E-state index contributed by atoms with van der Waals surface area (Å²) in [5, 5.41) is 10.9. The van der Waals surface area contributed by atoms with Gasteiger partial charge in [-0.05, 0) is 73.5 Å². The predicted molar refractivity (Wildman–Crippen MR) is 147 cm³/mol. The quantitative estimate of drug-likeness (QED) is 0.270. The van der Waals surface area contributed by atoms with Gasteiger partial charge in [-0.15, -0.1) is 11.8 Å². The van der Waals surface area contributed by atoms with E-state index in [9.17, 15) is 18.7 Å². The minimum atomic E-state index is -0.814.